The highest BCUT2D eigenvalue weighted by molar-refractivity contribution is 5.81. The fourth-order valence-electron chi connectivity index (χ4n) is 2.85. The number of aromatic nitrogens is 2. The van der Waals surface area contributed by atoms with E-state index in [4.69, 9.17) is 4.74 Å². The van der Waals surface area contributed by atoms with Gasteiger partial charge in [0.1, 0.15) is 11.9 Å². The lowest BCUT2D eigenvalue weighted by Crippen LogP contribution is -2.38. The second-order valence-corrected chi connectivity index (χ2v) is 5.27. The number of amides is 1. The zero-order valence-corrected chi connectivity index (χ0v) is 11.2. The van der Waals surface area contributed by atoms with Crippen molar-refractivity contribution < 1.29 is 9.53 Å². The summed E-state index contributed by atoms with van der Waals surface area (Å²) in [6, 6.07) is 0.0426. The zero-order chi connectivity index (χ0) is 13.2. The third kappa shape index (κ3) is 2.61. The number of aryl methyl sites for hydroxylation is 2. The van der Waals surface area contributed by atoms with E-state index in [1.54, 1.807) is 0 Å². The number of nitrogens with one attached hydrogen (secondary N) is 1. The summed E-state index contributed by atoms with van der Waals surface area (Å²) in [5, 5.41) is 3.09. The molecular weight excluding hydrogens is 242 g/mol. The Labute approximate surface area is 112 Å². The molecule has 2 heterocycles. The number of hydrogen-bond acceptors (Lipinski definition) is 4. The molecule has 1 N–H and O–H groups in total. The number of ether oxygens (including phenoxy) is 1. The van der Waals surface area contributed by atoms with Gasteiger partial charge >= 0.3 is 0 Å². The van der Waals surface area contributed by atoms with Crippen molar-refractivity contribution in [1.29, 1.82) is 0 Å². The Kier molecular flexibility index (Phi) is 3.46. The van der Waals surface area contributed by atoms with E-state index in [0.29, 0.717) is 6.61 Å². The summed E-state index contributed by atoms with van der Waals surface area (Å²) >= 11 is 0. The van der Waals surface area contributed by atoms with Gasteiger partial charge in [0.15, 0.2) is 0 Å². The molecule has 1 aliphatic heterocycles. The average molecular weight is 261 g/mol. The third-order valence-electron chi connectivity index (χ3n) is 3.84. The minimum absolute atomic E-state index is 0.0101. The number of carbonyl (C=O) groups excluding carboxylic acids is 1. The zero-order valence-electron chi connectivity index (χ0n) is 11.2. The summed E-state index contributed by atoms with van der Waals surface area (Å²) in [5.74, 6) is 0.806. The molecule has 102 valence electrons. The van der Waals surface area contributed by atoms with Crippen LogP contribution in [0.3, 0.4) is 0 Å². The lowest BCUT2D eigenvalue weighted by Gasteiger charge is -2.26. The van der Waals surface area contributed by atoms with E-state index in [9.17, 15) is 4.79 Å². The molecule has 0 aromatic carbocycles. The summed E-state index contributed by atoms with van der Waals surface area (Å²) in [6.07, 6.45) is 6.38. The first-order valence-electron chi connectivity index (χ1n) is 6.98. The summed E-state index contributed by atoms with van der Waals surface area (Å²) in [7, 11) is 0. The molecule has 2 atom stereocenters. The molecule has 1 fully saturated rings. The van der Waals surface area contributed by atoms with Crippen molar-refractivity contribution >= 4 is 5.91 Å². The molecule has 2 unspecified atom stereocenters. The van der Waals surface area contributed by atoms with E-state index in [2.05, 4.69) is 15.3 Å². The van der Waals surface area contributed by atoms with Crippen LogP contribution in [0.15, 0.2) is 6.20 Å². The van der Waals surface area contributed by atoms with Gasteiger partial charge in [-0.15, -0.1) is 0 Å². The van der Waals surface area contributed by atoms with Gasteiger partial charge in [-0.1, -0.05) is 0 Å². The first kappa shape index (κ1) is 12.5. The second kappa shape index (κ2) is 5.25. The molecule has 1 aromatic rings. The van der Waals surface area contributed by atoms with Crippen molar-refractivity contribution in [2.75, 3.05) is 6.61 Å². The first-order valence-corrected chi connectivity index (χ1v) is 6.98. The van der Waals surface area contributed by atoms with Crippen LogP contribution in [0, 0.1) is 6.92 Å². The van der Waals surface area contributed by atoms with Crippen LogP contribution in [0.2, 0.25) is 0 Å². The maximum atomic E-state index is 12.1. The third-order valence-corrected chi connectivity index (χ3v) is 3.84. The standard InChI is InChI=1S/C14H19N3O2/c1-9-15-8-10-11(16-9)4-2-5-12(10)17-14(18)13-6-3-7-19-13/h8,12-13H,2-7H2,1H3,(H,17,18). The molecule has 0 bridgehead atoms. The Hall–Kier alpha value is -1.49. The van der Waals surface area contributed by atoms with Gasteiger partial charge in [-0.25, -0.2) is 9.97 Å². The quantitative estimate of drug-likeness (QED) is 0.875. The van der Waals surface area contributed by atoms with Crippen molar-refractivity contribution in [2.45, 2.75) is 51.2 Å². The highest BCUT2D eigenvalue weighted by Crippen LogP contribution is 2.28. The predicted molar refractivity (Wildman–Crippen MR) is 69.6 cm³/mol. The largest absolute Gasteiger partial charge is 0.368 e. The van der Waals surface area contributed by atoms with Crippen LogP contribution < -0.4 is 5.32 Å². The maximum Gasteiger partial charge on any atom is 0.249 e. The van der Waals surface area contributed by atoms with Gasteiger partial charge in [0, 0.05) is 24.1 Å². The summed E-state index contributed by atoms with van der Waals surface area (Å²) < 4.78 is 5.42. The Morgan fingerprint density at radius 2 is 2.32 bits per heavy atom. The lowest BCUT2D eigenvalue weighted by molar-refractivity contribution is -0.130. The molecule has 2 aliphatic rings. The Morgan fingerprint density at radius 1 is 1.42 bits per heavy atom. The topological polar surface area (TPSA) is 64.1 Å². The second-order valence-electron chi connectivity index (χ2n) is 5.27. The summed E-state index contributed by atoms with van der Waals surface area (Å²) in [4.78, 5) is 20.8. The number of hydrogen-bond donors (Lipinski definition) is 1. The molecule has 5 nitrogen and oxygen atoms in total. The van der Waals surface area contributed by atoms with Gasteiger partial charge in [0.25, 0.3) is 0 Å². The lowest BCUT2D eigenvalue weighted by atomic mass is 9.92. The highest BCUT2D eigenvalue weighted by Gasteiger charge is 2.28. The molecule has 1 aromatic heterocycles. The van der Waals surface area contributed by atoms with E-state index in [-0.39, 0.29) is 18.1 Å². The number of carbonyl (C=O) groups is 1. The Morgan fingerprint density at radius 3 is 3.11 bits per heavy atom. The van der Waals surface area contributed by atoms with E-state index < -0.39 is 0 Å². The van der Waals surface area contributed by atoms with E-state index in [1.165, 1.54) is 0 Å². The van der Waals surface area contributed by atoms with Gasteiger partial charge in [0.2, 0.25) is 5.91 Å². The molecule has 0 radical (unpaired) electrons. The van der Waals surface area contributed by atoms with Gasteiger partial charge in [-0.05, 0) is 39.0 Å². The van der Waals surface area contributed by atoms with Crippen molar-refractivity contribution in [2.24, 2.45) is 0 Å². The van der Waals surface area contributed by atoms with E-state index in [1.807, 2.05) is 13.1 Å². The molecule has 1 saturated heterocycles. The summed E-state index contributed by atoms with van der Waals surface area (Å²) in [5.41, 5.74) is 2.15. The Balaban J connectivity index is 1.74. The summed E-state index contributed by atoms with van der Waals surface area (Å²) in [6.45, 7) is 2.59. The van der Waals surface area contributed by atoms with E-state index in [0.717, 1.165) is 49.2 Å². The van der Waals surface area contributed by atoms with Crippen LogP contribution >= 0.6 is 0 Å². The molecule has 19 heavy (non-hydrogen) atoms. The normalized spacial score (nSPS) is 25.9. The van der Waals surface area contributed by atoms with Gasteiger partial charge < -0.3 is 10.1 Å². The molecule has 3 rings (SSSR count). The van der Waals surface area contributed by atoms with E-state index >= 15 is 0 Å². The smallest absolute Gasteiger partial charge is 0.249 e. The van der Waals surface area contributed by atoms with Crippen LogP contribution in [0.4, 0.5) is 0 Å². The van der Waals surface area contributed by atoms with Crippen molar-refractivity contribution in [3.05, 3.63) is 23.3 Å². The van der Waals surface area contributed by atoms with Crippen LogP contribution in [-0.4, -0.2) is 28.6 Å². The molecular formula is C14H19N3O2. The SMILES string of the molecule is Cc1ncc2c(n1)CCCC2NC(=O)C1CCCO1. The van der Waals surface area contributed by atoms with Crippen LogP contribution in [0.5, 0.6) is 0 Å². The molecule has 0 spiro atoms. The fourth-order valence-corrected chi connectivity index (χ4v) is 2.85. The number of fused-ring (bicyclic) bond motifs is 1. The molecule has 1 amide bonds. The number of nitrogens with zero attached hydrogens (tertiary/aromatic N) is 2. The van der Waals surface area contributed by atoms with Crippen molar-refractivity contribution in [3.8, 4) is 0 Å². The van der Waals surface area contributed by atoms with Gasteiger partial charge in [-0.2, -0.15) is 0 Å². The number of rotatable bonds is 2. The maximum absolute atomic E-state index is 12.1. The fraction of sp³-hybridized carbons (Fsp3) is 0.643. The van der Waals surface area contributed by atoms with Crippen molar-refractivity contribution in [3.63, 3.8) is 0 Å². The Bertz CT molecular complexity index is 484. The molecule has 1 aliphatic carbocycles. The average Bonchev–Trinajstić information content (AvgIpc) is 2.92. The van der Waals surface area contributed by atoms with Crippen LogP contribution in [-0.2, 0) is 16.0 Å². The van der Waals surface area contributed by atoms with Gasteiger partial charge in [-0.3, -0.25) is 4.79 Å². The minimum Gasteiger partial charge on any atom is -0.368 e. The molecule has 5 heteroatoms. The van der Waals surface area contributed by atoms with Crippen LogP contribution in [0.25, 0.3) is 0 Å². The first-order chi connectivity index (χ1) is 9.24. The van der Waals surface area contributed by atoms with Crippen LogP contribution in [0.1, 0.15) is 48.8 Å². The van der Waals surface area contributed by atoms with Gasteiger partial charge in [0.05, 0.1) is 6.04 Å². The highest BCUT2D eigenvalue weighted by atomic mass is 16.5. The van der Waals surface area contributed by atoms with Crippen molar-refractivity contribution in [1.82, 2.24) is 15.3 Å². The predicted octanol–water partition coefficient (Wildman–Crippen LogP) is 1.46. The molecule has 0 saturated carbocycles. The minimum atomic E-state index is -0.267. The monoisotopic (exact) mass is 261 g/mol.